The summed E-state index contributed by atoms with van der Waals surface area (Å²) in [6, 6.07) is 21.1. The van der Waals surface area contributed by atoms with Crippen LogP contribution in [0.2, 0.25) is 0 Å². The first-order valence-corrected chi connectivity index (χ1v) is 14.1. The minimum Gasteiger partial charge on any atom is -0.491 e. The lowest BCUT2D eigenvalue weighted by Gasteiger charge is -2.22. The highest BCUT2D eigenvalue weighted by Gasteiger charge is 2.23. The molecular weight excluding hydrogens is 488 g/mol. The predicted octanol–water partition coefficient (Wildman–Crippen LogP) is 6.99. The molecule has 2 atom stereocenters. The van der Waals surface area contributed by atoms with Crippen molar-refractivity contribution in [3.63, 3.8) is 0 Å². The fraction of sp³-hybridized carbons (Fsp3) is 0.382. The summed E-state index contributed by atoms with van der Waals surface area (Å²) in [4.78, 5) is 12.2. The van der Waals surface area contributed by atoms with Crippen LogP contribution in [-0.2, 0) is 38.3 Å². The van der Waals surface area contributed by atoms with Gasteiger partial charge in [-0.2, -0.15) is 0 Å². The van der Waals surface area contributed by atoms with E-state index in [1.165, 1.54) is 33.4 Å². The number of esters is 1. The van der Waals surface area contributed by atoms with Gasteiger partial charge in [0, 0.05) is 13.0 Å². The molecule has 0 fully saturated rings. The van der Waals surface area contributed by atoms with Crippen LogP contribution in [0.5, 0.6) is 5.75 Å². The number of ether oxygens (including phenoxy) is 4. The van der Waals surface area contributed by atoms with E-state index in [4.69, 9.17) is 18.9 Å². The number of fused-ring (bicyclic) bond motifs is 2. The van der Waals surface area contributed by atoms with Gasteiger partial charge in [0.2, 0.25) is 0 Å². The van der Waals surface area contributed by atoms with Crippen LogP contribution < -0.4 is 4.74 Å². The van der Waals surface area contributed by atoms with Gasteiger partial charge in [0.15, 0.2) is 6.10 Å². The summed E-state index contributed by atoms with van der Waals surface area (Å²) in [5.74, 6) is 0.432. The molecule has 0 heterocycles. The molecule has 39 heavy (non-hydrogen) atoms. The van der Waals surface area contributed by atoms with Gasteiger partial charge in [-0.15, -0.1) is 0 Å². The molecule has 0 radical (unpaired) electrons. The normalized spacial score (nSPS) is 14.7. The molecule has 206 valence electrons. The van der Waals surface area contributed by atoms with Gasteiger partial charge in [0.1, 0.15) is 18.5 Å². The van der Waals surface area contributed by atoms with E-state index in [1.54, 1.807) is 6.92 Å². The number of benzene rings is 3. The summed E-state index contributed by atoms with van der Waals surface area (Å²) in [6.45, 7) is 9.70. The maximum absolute atomic E-state index is 12.2. The molecule has 0 saturated heterocycles. The molecule has 0 amide bonds. The highest BCUT2D eigenvalue weighted by Crippen LogP contribution is 2.36. The van der Waals surface area contributed by atoms with Gasteiger partial charge in [0.25, 0.3) is 0 Å². The zero-order valence-electron chi connectivity index (χ0n) is 23.6. The molecule has 0 aliphatic heterocycles. The Balaban J connectivity index is 1.41. The third-order valence-electron chi connectivity index (χ3n) is 7.02. The minimum atomic E-state index is -0.600. The molecule has 4 rings (SSSR count). The summed E-state index contributed by atoms with van der Waals surface area (Å²) < 4.78 is 23.3. The Morgan fingerprint density at radius 1 is 0.744 bits per heavy atom. The lowest BCUT2D eigenvalue weighted by Crippen LogP contribution is -2.28. The largest absolute Gasteiger partial charge is 0.491 e. The van der Waals surface area contributed by atoms with Crippen molar-refractivity contribution < 1.29 is 23.7 Å². The van der Waals surface area contributed by atoms with Gasteiger partial charge in [-0.3, -0.25) is 0 Å². The number of hydrogen-bond acceptors (Lipinski definition) is 5. The van der Waals surface area contributed by atoms with Gasteiger partial charge in [0.05, 0.1) is 13.2 Å². The molecule has 1 aliphatic rings. The number of carbonyl (C=O) groups is 1. The van der Waals surface area contributed by atoms with Crippen molar-refractivity contribution in [2.45, 2.75) is 59.2 Å². The van der Waals surface area contributed by atoms with Crippen LogP contribution in [0, 0.1) is 0 Å². The van der Waals surface area contributed by atoms with Crippen molar-refractivity contribution in [3.8, 4) is 5.75 Å². The number of hydrogen-bond donors (Lipinski definition) is 0. The molecule has 0 bridgehead atoms. The first kappa shape index (κ1) is 28.6. The monoisotopic (exact) mass is 528 g/mol. The van der Waals surface area contributed by atoms with Crippen molar-refractivity contribution in [2.75, 3.05) is 26.4 Å². The lowest BCUT2D eigenvalue weighted by molar-refractivity contribution is -0.156. The zero-order chi connectivity index (χ0) is 27.6. The zero-order valence-corrected chi connectivity index (χ0v) is 23.6. The van der Waals surface area contributed by atoms with E-state index in [0.717, 1.165) is 24.2 Å². The fourth-order valence-electron chi connectivity index (χ4n) is 4.88. The van der Waals surface area contributed by atoms with E-state index in [0.29, 0.717) is 32.8 Å². The van der Waals surface area contributed by atoms with Crippen LogP contribution >= 0.6 is 0 Å². The highest BCUT2D eigenvalue weighted by atomic mass is 16.6. The maximum atomic E-state index is 12.2. The van der Waals surface area contributed by atoms with E-state index in [-0.39, 0.29) is 12.1 Å². The van der Waals surface area contributed by atoms with Gasteiger partial charge in [-0.1, -0.05) is 74.5 Å². The predicted molar refractivity (Wildman–Crippen MR) is 156 cm³/mol. The lowest BCUT2D eigenvalue weighted by atomic mass is 9.93. The number of carbonyl (C=O) groups excluding carboxylic acids is 1. The Morgan fingerprint density at radius 3 is 2.15 bits per heavy atom. The summed E-state index contributed by atoms with van der Waals surface area (Å²) in [6.07, 6.45) is 6.09. The van der Waals surface area contributed by atoms with Crippen molar-refractivity contribution >= 4 is 18.1 Å². The van der Waals surface area contributed by atoms with Crippen LogP contribution in [0.25, 0.3) is 12.2 Å². The summed E-state index contributed by atoms with van der Waals surface area (Å²) >= 11 is 0. The van der Waals surface area contributed by atoms with Gasteiger partial charge in [-0.05, 0) is 77.8 Å². The number of aryl methyl sites for hydroxylation is 2. The Hall–Kier alpha value is -3.41. The first-order chi connectivity index (χ1) is 19.1. The Labute approximate surface area is 232 Å². The van der Waals surface area contributed by atoms with E-state index in [2.05, 4.69) is 62.4 Å². The molecule has 0 saturated carbocycles. The van der Waals surface area contributed by atoms with Crippen LogP contribution in [0.3, 0.4) is 0 Å². The van der Waals surface area contributed by atoms with E-state index in [9.17, 15) is 4.79 Å². The molecule has 5 heteroatoms. The van der Waals surface area contributed by atoms with Crippen LogP contribution in [0.15, 0.2) is 60.7 Å². The number of rotatable bonds is 13. The van der Waals surface area contributed by atoms with Crippen LogP contribution in [0.4, 0.5) is 0 Å². The molecule has 2 unspecified atom stereocenters. The van der Waals surface area contributed by atoms with E-state index >= 15 is 0 Å². The quantitative estimate of drug-likeness (QED) is 0.177. The van der Waals surface area contributed by atoms with Crippen molar-refractivity contribution in [1.82, 2.24) is 0 Å². The average molecular weight is 529 g/mol. The third-order valence-corrected chi connectivity index (χ3v) is 7.02. The molecule has 3 aromatic rings. The second-order valence-corrected chi connectivity index (χ2v) is 9.61. The van der Waals surface area contributed by atoms with Gasteiger partial charge >= 0.3 is 5.97 Å². The standard InChI is InChI=1S/C34H40O5/c1-5-24-12-18-30-28(21-24)15-14-27-13-9-25(6-2)22-31(27)33(30)39-20-19-38-29-16-10-26(11-17-29)23-32(36-7-3)34(35)37-8-4/h9-18,21-22,32-33H,5-8,19-20,23H2,1-4H3. The minimum absolute atomic E-state index is 0.160. The Morgan fingerprint density at radius 2 is 1.44 bits per heavy atom. The molecular formula is C34H40O5. The molecule has 0 spiro atoms. The SMILES string of the molecule is CCOC(=O)C(Cc1ccc(OCCOC2c3ccc(CC)cc3C=Cc3ccc(CC)cc32)cc1)OCC. The summed E-state index contributed by atoms with van der Waals surface area (Å²) in [5.41, 5.74) is 8.39. The molecule has 0 aromatic heterocycles. The summed E-state index contributed by atoms with van der Waals surface area (Å²) in [7, 11) is 0. The third kappa shape index (κ3) is 7.37. The average Bonchev–Trinajstić information content (AvgIpc) is 3.11. The Bertz CT molecular complexity index is 1260. The van der Waals surface area contributed by atoms with Gasteiger partial charge < -0.3 is 18.9 Å². The van der Waals surface area contributed by atoms with Crippen molar-refractivity contribution in [3.05, 3.63) is 99.6 Å². The summed E-state index contributed by atoms with van der Waals surface area (Å²) in [5, 5.41) is 0. The second kappa shape index (κ2) is 14.1. The maximum Gasteiger partial charge on any atom is 0.335 e. The van der Waals surface area contributed by atoms with Crippen LogP contribution in [-0.4, -0.2) is 38.5 Å². The first-order valence-electron chi connectivity index (χ1n) is 14.1. The molecule has 5 nitrogen and oxygen atoms in total. The topological polar surface area (TPSA) is 54.0 Å². The molecule has 0 N–H and O–H groups in total. The van der Waals surface area contributed by atoms with Crippen LogP contribution in [0.1, 0.15) is 72.7 Å². The van der Waals surface area contributed by atoms with Gasteiger partial charge in [-0.25, -0.2) is 4.79 Å². The van der Waals surface area contributed by atoms with Crippen molar-refractivity contribution in [2.24, 2.45) is 0 Å². The highest BCUT2D eigenvalue weighted by molar-refractivity contribution is 5.77. The van der Waals surface area contributed by atoms with E-state index in [1.807, 2.05) is 31.2 Å². The van der Waals surface area contributed by atoms with E-state index < -0.39 is 6.10 Å². The Kier molecular flexibility index (Phi) is 10.3. The molecule has 1 aliphatic carbocycles. The smallest absolute Gasteiger partial charge is 0.335 e. The second-order valence-electron chi connectivity index (χ2n) is 9.61. The molecule has 3 aromatic carbocycles. The van der Waals surface area contributed by atoms with Crippen molar-refractivity contribution in [1.29, 1.82) is 0 Å². The fourth-order valence-corrected chi connectivity index (χ4v) is 4.88.